The van der Waals surface area contributed by atoms with Crippen molar-refractivity contribution in [3.8, 4) is 6.07 Å². The van der Waals surface area contributed by atoms with Gasteiger partial charge in [0.05, 0.1) is 22.6 Å². The summed E-state index contributed by atoms with van der Waals surface area (Å²) in [6.45, 7) is 2.35. The van der Waals surface area contributed by atoms with Gasteiger partial charge in [-0.1, -0.05) is 0 Å². The molecule has 1 fully saturated rings. The van der Waals surface area contributed by atoms with Crippen LogP contribution in [0.15, 0.2) is 23.1 Å². The van der Waals surface area contributed by atoms with E-state index in [1.807, 2.05) is 6.07 Å². The number of nitrogens with two attached hydrogens (primary N) is 1. The van der Waals surface area contributed by atoms with Crippen molar-refractivity contribution in [2.75, 3.05) is 20.2 Å². The summed E-state index contributed by atoms with van der Waals surface area (Å²) < 4.78 is 32.6. The average Bonchev–Trinajstić information content (AvgIpc) is 2.53. The molecule has 1 heterocycles. The predicted molar refractivity (Wildman–Crippen MR) is 89.9 cm³/mol. The van der Waals surface area contributed by atoms with E-state index in [1.54, 1.807) is 20.1 Å². The minimum atomic E-state index is -3.62. The number of rotatable bonds is 4. The van der Waals surface area contributed by atoms with E-state index in [0.717, 1.165) is 0 Å². The average molecular weight is 360 g/mol. The molecule has 2 N–H and O–H groups in total. The Morgan fingerprint density at radius 1 is 1.48 bits per heavy atom. The first-order chi connectivity index (χ1) is 10.4. The minimum absolute atomic E-state index is 0. The van der Waals surface area contributed by atoms with Crippen molar-refractivity contribution in [1.82, 2.24) is 4.31 Å². The van der Waals surface area contributed by atoms with Crippen LogP contribution in [0.2, 0.25) is 0 Å². The van der Waals surface area contributed by atoms with Gasteiger partial charge in [-0.3, -0.25) is 0 Å². The first kappa shape index (κ1) is 19.9. The van der Waals surface area contributed by atoms with Crippen LogP contribution in [0.1, 0.15) is 24.0 Å². The van der Waals surface area contributed by atoms with Crippen LogP contribution in [0.3, 0.4) is 0 Å². The molecule has 0 saturated carbocycles. The summed E-state index contributed by atoms with van der Waals surface area (Å²) in [6.07, 6.45) is 1.30. The standard InChI is InChI=1S/C15H21N3O3S.ClH/c1-11-7-12(9-16)3-4-15(11)22(19,20)18-6-5-14(21-2)8-13(18)10-17;/h3-4,7,13-14H,5-6,8,10,17H2,1-2H3;1H. The number of benzene rings is 1. The van der Waals surface area contributed by atoms with Gasteiger partial charge in [0.15, 0.2) is 0 Å². The Morgan fingerprint density at radius 3 is 2.70 bits per heavy atom. The zero-order valence-corrected chi connectivity index (χ0v) is 14.9. The number of sulfonamides is 1. The third-order valence-corrected chi connectivity index (χ3v) is 6.22. The van der Waals surface area contributed by atoms with Crippen molar-refractivity contribution in [1.29, 1.82) is 5.26 Å². The SMILES string of the molecule is COC1CCN(S(=O)(=O)c2ccc(C#N)cc2C)C(CN)C1.Cl. The van der Waals surface area contributed by atoms with Gasteiger partial charge in [-0.05, 0) is 43.5 Å². The monoisotopic (exact) mass is 359 g/mol. The van der Waals surface area contributed by atoms with E-state index in [9.17, 15) is 8.42 Å². The molecule has 1 aliphatic rings. The Hall–Kier alpha value is -1.17. The van der Waals surface area contributed by atoms with Gasteiger partial charge in [-0.15, -0.1) is 12.4 Å². The number of aryl methyl sites for hydroxylation is 1. The Labute approximate surface area is 143 Å². The van der Waals surface area contributed by atoms with Gasteiger partial charge in [0.2, 0.25) is 10.0 Å². The molecule has 0 bridgehead atoms. The molecule has 0 spiro atoms. The third-order valence-electron chi connectivity index (χ3n) is 4.11. The zero-order valence-electron chi connectivity index (χ0n) is 13.2. The van der Waals surface area contributed by atoms with E-state index < -0.39 is 10.0 Å². The van der Waals surface area contributed by atoms with Gasteiger partial charge in [0.1, 0.15) is 0 Å². The van der Waals surface area contributed by atoms with Crippen LogP contribution in [0.25, 0.3) is 0 Å². The van der Waals surface area contributed by atoms with Crippen molar-refractivity contribution in [2.24, 2.45) is 5.73 Å². The summed E-state index contributed by atoms with van der Waals surface area (Å²) in [7, 11) is -1.99. The number of methoxy groups -OCH3 is 1. The summed E-state index contributed by atoms with van der Waals surface area (Å²) in [5.74, 6) is 0. The smallest absolute Gasteiger partial charge is 0.243 e. The van der Waals surface area contributed by atoms with Crippen LogP contribution in [0.5, 0.6) is 0 Å². The predicted octanol–water partition coefficient (Wildman–Crippen LogP) is 1.42. The van der Waals surface area contributed by atoms with Crippen LogP contribution in [-0.2, 0) is 14.8 Å². The van der Waals surface area contributed by atoms with E-state index in [-0.39, 0.29) is 36.0 Å². The maximum absolute atomic E-state index is 12.9. The molecule has 2 unspecified atom stereocenters. The summed E-state index contributed by atoms with van der Waals surface area (Å²) in [5, 5.41) is 8.90. The van der Waals surface area contributed by atoms with Crippen molar-refractivity contribution < 1.29 is 13.2 Å². The highest BCUT2D eigenvalue weighted by Crippen LogP contribution is 2.28. The van der Waals surface area contributed by atoms with Crippen LogP contribution in [-0.4, -0.2) is 45.1 Å². The highest BCUT2D eigenvalue weighted by atomic mass is 35.5. The minimum Gasteiger partial charge on any atom is -0.381 e. The van der Waals surface area contributed by atoms with Crippen molar-refractivity contribution in [2.45, 2.75) is 36.8 Å². The maximum Gasteiger partial charge on any atom is 0.243 e. The third kappa shape index (κ3) is 4.03. The highest BCUT2D eigenvalue weighted by Gasteiger charge is 2.36. The van der Waals surface area contributed by atoms with Crippen molar-refractivity contribution in [3.63, 3.8) is 0 Å². The molecule has 2 rings (SSSR count). The number of hydrogen-bond acceptors (Lipinski definition) is 5. The molecule has 0 amide bonds. The fourth-order valence-corrected chi connectivity index (χ4v) is 4.74. The fraction of sp³-hybridized carbons (Fsp3) is 0.533. The summed E-state index contributed by atoms with van der Waals surface area (Å²) in [5.41, 5.74) is 6.79. The summed E-state index contributed by atoms with van der Waals surface area (Å²) in [6, 6.07) is 6.37. The number of ether oxygens (including phenoxy) is 1. The zero-order chi connectivity index (χ0) is 16.3. The molecular weight excluding hydrogens is 338 g/mol. The van der Waals surface area contributed by atoms with Crippen molar-refractivity contribution >= 4 is 22.4 Å². The fourth-order valence-electron chi connectivity index (χ4n) is 2.87. The molecule has 23 heavy (non-hydrogen) atoms. The Bertz CT molecular complexity index is 688. The van der Waals surface area contributed by atoms with E-state index >= 15 is 0 Å². The van der Waals surface area contributed by atoms with E-state index in [4.69, 9.17) is 15.7 Å². The first-order valence-corrected chi connectivity index (χ1v) is 8.63. The molecule has 0 aromatic heterocycles. The number of piperidine rings is 1. The van der Waals surface area contributed by atoms with Gasteiger partial charge in [-0.25, -0.2) is 8.42 Å². The van der Waals surface area contributed by atoms with Crippen molar-refractivity contribution in [3.05, 3.63) is 29.3 Å². The number of nitriles is 1. The lowest BCUT2D eigenvalue weighted by Crippen LogP contribution is -2.51. The number of halogens is 1. The highest BCUT2D eigenvalue weighted by molar-refractivity contribution is 7.89. The normalized spacial score (nSPS) is 22.2. The molecule has 1 saturated heterocycles. The molecule has 0 aliphatic carbocycles. The van der Waals surface area contributed by atoms with Gasteiger partial charge in [-0.2, -0.15) is 9.57 Å². The molecule has 1 aliphatic heterocycles. The second-order valence-corrected chi connectivity index (χ2v) is 7.34. The van der Waals surface area contributed by atoms with Gasteiger partial charge >= 0.3 is 0 Å². The number of nitrogens with zero attached hydrogens (tertiary/aromatic N) is 2. The molecular formula is C15H22ClN3O3S. The first-order valence-electron chi connectivity index (χ1n) is 7.19. The lowest BCUT2D eigenvalue weighted by Gasteiger charge is -2.37. The van der Waals surface area contributed by atoms with Crippen LogP contribution in [0, 0.1) is 18.3 Å². The lowest BCUT2D eigenvalue weighted by molar-refractivity contribution is 0.0401. The topological polar surface area (TPSA) is 96.4 Å². The quantitative estimate of drug-likeness (QED) is 0.876. The van der Waals surface area contributed by atoms with E-state index in [2.05, 4.69) is 0 Å². The molecule has 2 atom stereocenters. The second-order valence-electron chi connectivity index (χ2n) is 5.48. The number of hydrogen-bond donors (Lipinski definition) is 1. The maximum atomic E-state index is 12.9. The molecule has 1 aromatic carbocycles. The van der Waals surface area contributed by atoms with Crippen LogP contribution in [0.4, 0.5) is 0 Å². The molecule has 128 valence electrons. The Kier molecular flexibility index (Phi) is 6.99. The largest absolute Gasteiger partial charge is 0.381 e. The van der Waals surface area contributed by atoms with Crippen LogP contribution >= 0.6 is 12.4 Å². The van der Waals surface area contributed by atoms with E-state index in [0.29, 0.717) is 30.5 Å². The Morgan fingerprint density at radius 2 is 2.17 bits per heavy atom. The Balaban J connectivity index is 0.00000264. The summed E-state index contributed by atoms with van der Waals surface area (Å²) in [4.78, 5) is 0.237. The lowest BCUT2D eigenvalue weighted by atomic mass is 10.0. The van der Waals surface area contributed by atoms with Gasteiger partial charge in [0.25, 0.3) is 0 Å². The molecule has 0 radical (unpaired) electrons. The van der Waals surface area contributed by atoms with Gasteiger partial charge in [0, 0.05) is 26.2 Å². The summed E-state index contributed by atoms with van der Waals surface area (Å²) >= 11 is 0. The second kappa shape index (κ2) is 8.08. The molecule has 6 nitrogen and oxygen atoms in total. The van der Waals surface area contributed by atoms with Crippen LogP contribution < -0.4 is 5.73 Å². The molecule has 8 heteroatoms. The van der Waals surface area contributed by atoms with Gasteiger partial charge < -0.3 is 10.5 Å². The van der Waals surface area contributed by atoms with E-state index in [1.165, 1.54) is 16.4 Å². The molecule has 1 aromatic rings.